The first-order chi connectivity index (χ1) is 6.27. The molecule has 2 heteroatoms. The molecule has 0 aliphatic carbocycles. The first kappa shape index (κ1) is 11.9. The van der Waals surface area contributed by atoms with Crippen LogP contribution in [0.15, 0.2) is 24.8 Å². The maximum absolute atomic E-state index is 10.1. The van der Waals surface area contributed by atoms with Crippen molar-refractivity contribution in [2.75, 3.05) is 0 Å². The number of hydrogen-bond acceptors (Lipinski definition) is 1. The third kappa shape index (κ3) is 10.9. The van der Waals surface area contributed by atoms with E-state index in [0.29, 0.717) is 0 Å². The molecule has 0 saturated heterocycles. The molecule has 0 aliphatic heterocycles. The van der Waals surface area contributed by atoms with Gasteiger partial charge >= 0.3 is 5.97 Å². The van der Waals surface area contributed by atoms with Crippen LogP contribution in [0, 0.1) is 0 Å². The number of carboxylic acids is 1. The SMILES string of the molecule is C=CCCCCC/C=C/CC(=O)O. The second-order valence-corrected chi connectivity index (χ2v) is 3.00. The highest BCUT2D eigenvalue weighted by Crippen LogP contribution is 2.03. The average Bonchev–Trinajstić information content (AvgIpc) is 2.09. The molecule has 0 fully saturated rings. The number of aliphatic carboxylic acids is 1. The minimum atomic E-state index is -0.761. The molecule has 74 valence electrons. The summed E-state index contributed by atoms with van der Waals surface area (Å²) in [6.45, 7) is 3.65. The summed E-state index contributed by atoms with van der Waals surface area (Å²) in [5.74, 6) is -0.761. The minimum Gasteiger partial charge on any atom is -0.481 e. The number of carboxylic acid groups (broad SMARTS) is 1. The van der Waals surface area contributed by atoms with Crippen molar-refractivity contribution < 1.29 is 9.90 Å². The monoisotopic (exact) mass is 182 g/mol. The highest BCUT2D eigenvalue weighted by atomic mass is 16.4. The van der Waals surface area contributed by atoms with Crippen molar-refractivity contribution in [3.8, 4) is 0 Å². The van der Waals surface area contributed by atoms with Crippen molar-refractivity contribution in [1.29, 1.82) is 0 Å². The zero-order chi connectivity index (χ0) is 9.94. The van der Waals surface area contributed by atoms with Crippen LogP contribution in [0.25, 0.3) is 0 Å². The van der Waals surface area contributed by atoms with Crippen LogP contribution in [-0.2, 0) is 4.79 Å². The van der Waals surface area contributed by atoms with E-state index < -0.39 is 5.97 Å². The van der Waals surface area contributed by atoms with Gasteiger partial charge in [0.25, 0.3) is 0 Å². The van der Waals surface area contributed by atoms with Crippen molar-refractivity contribution in [2.24, 2.45) is 0 Å². The Bertz CT molecular complexity index is 171. The van der Waals surface area contributed by atoms with Gasteiger partial charge in [0.1, 0.15) is 0 Å². The summed E-state index contributed by atoms with van der Waals surface area (Å²) in [6.07, 6.45) is 11.3. The molecule has 2 nitrogen and oxygen atoms in total. The van der Waals surface area contributed by atoms with Gasteiger partial charge in [0.05, 0.1) is 6.42 Å². The number of hydrogen-bond donors (Lipinski definition) is 1. The van der Waals surface area contributed by atoms with Gasteiger partial charge in [0, 0.05) is 0 Å². The van der Waals surface area contributed by atoms with Crippen LogP contribution in [0.5, 0.6) is 0 Å². The molecule has 0 radical (unpaired) electrons. The molecule has 0 amide bonds. The zero-order valence-corrected chi connectivity index (χ0v) is 8.04. The number of unbranched alkanes of at least 4 members (excludes halogenated alkanes) is 4. The van der Waals surface area contributed by atoms with E-state index >= 15 is 0 Å². The van der Waals surface area contributed by atoms with E-state index in [-0.39, 0.29) is 6.42 Å². The highest BCUT2D eigenvalue weighted by Gasteiger charge is 1.89. The first-order valence-electron chi connectivity index (χ1n) is 4.75. The molecule has 0 aliphatic rings. The topological polar surface area (TPSA) is 37.3 Å². The molecular formula is C11H18O2. The van der Waals surface area contributed by atoms with Crippen LogP contribution in [0.4, 0.5) is 0 Å². The highest BCUT2D eigenvalue weighted by molar-refractivity contribution is 5.68. The largest absolute Gasteiger partial charge is 0.481 e. The Morgan fingerprint density at radius 2 is 1.85 bits per heavy atom. The molecule has 0 saturated carbocycles. The van der Waals surface area contributed by atoms with Gasteiger partial charge in [-0.15, -0.1) is 6.58 Å². The van der Waals surface area contributed by atoms with E-state index in [4.69, 9.17) is 5.11 Å². The van der Waals surface area contributed by atoms with Crippen LogP contribution in [0.3, 0.4) is 0 Å². The van der Waals surface area contributed by atoms with E-state index in [1.165, 1.54) is 12.8 Å². The Balaban J connectivity index is 3.10. The Morgan fingerprint density at radius 3 is 2.46 bits per heavy atom. The van der Waals surface area contributed by atoms with E-state index in [1.54, 1.807) is 6.08 Å². The number of rotatable bonds is 8. The van der Waals surface area contributed by atoms with Crippen molar-refractivity contribution in [3.63, 3.8) is 0 Å². The maximum atomic E-state index is 10.1. The van der Waals surface area contributed by atoms with Gasteiger partial charge in [0.15, 0.2) is 0 Å². The molecule has 0 unspecified atom stereocenters. The Hall–Kier alpha value is -1.05. The second-order valence-electron chi connectivity index (χ2n) is 3.00. The predicted molar refractivity (Wildman–Crippen MR) is 54.7 cm³/mol. The first-order valence-corrected chi connectivity index (χ1v) is 4.75. The van der Waals surface area contributed by atoms with E-state index in [9.17, 15) is 4.79 Å². The Labute approximate surface area is 80.0 Å². The van der Waals surface area contributed by atoms with E-state index in [0.717, 1.165) is 19.3 Å². The molecule has 1 N–H and O–H groups in total. The summed E-state index contributed by atoms with van der Waals surface area (Å²) in [7, 11) is 0. The zero-order valence-electron chi connectivity index (χ0n) is 8.04. The summed E-state index contributed by atoms with van der Waals surface area (Å²) in [4.78, 5) is 10.1. The van der Waals surface area contributed by atoms with Gasteiger partial charge in [0.2, 0.25) is 0 Å². The molecule has 0 aromatic carbocycles. The number of allylic oxidation sites excluding steroid dienone is 2. The van der Waals surface area contributed by atoms with Gasteiger partial charge in [-0.3, -0.25) is 4.79 Å². The standard InChI is InChI=1S/C11H18O2/c1-2-3-4-5-6-7-8-9-10-11(12)13/h2,8-9H,1,3-7,10H2,(H,12,13)/b9-8+. The van der Waals surface area contributed by atoms with E-state index in [1.807, 2.05) is 12.2 Å². The lowest BCUT2D eigenvalue weighted by Gasteiger charge is -1.94. The summed E-state index contributed by atoms with van der Waals surface area (Å²) in [5.41, 5.74) is 0. The lowest BCUT2D eigenvalue weighted by Crippen LogP contribution is -1.89. The fourth-order valence-corrected chi connectivity index (χ4v) is 1.03. The van der Waals surface area contributed by atoms with Crippen LogP contribution in [0.1, 0.15) is 38.5 Å². The third-order valence-electron chi connectivity index (χ3n) is 1.74. The van der Waals surface area contributed by atoms with Gasteiger partial charge in [-0.25, -0.2) is 0 Å². The van der Waals surface area contributed by atoms with Crippen molar-refractivity contribution in [3.05, 3.63) is 24.8 Å². The normalized spacial score (nSPS) is 10.5. The van der Waals surface area contributed by atoms with Gasteiger partial charge < -0.3 is 5.11 Å². The maximum Gasteiger partial charge on any atom is 0.307 e. The van der Waals surface area contributed by atoms with Crippen LogP contribution < -0.4 is 0 Å². The van der Waals surface area contributed by atoms with Crippen molar-refractivity contribution in [1.82, 2.24) is 0 Å². The lowest BCUT2D eigenvalue weighted by molar-refractivity contribution is -0.136. The minimum absolute atomic E-state index is 0.145. The fourth-order valence-electron chi connectivity index (χ4n) is 1.03. The number of carbonyl (C=O) groups is 1. The summed E-state index contributed by atoms with van der Waals surface area (Å²) < 4.78 is 0. The van der Waals surface area contributed by atoms with Crippen molar-refractivity contribution in [2.45, 2.75) is 38.5 Å². The molecule has 0 spiro atoms. The summed E-state index contributed by atoms with van der Waals surface area (Å²) >= 11 is 0. The second kappa shape index (κ2) is 9.04. The summed E-state index contributed by atoms with van der Waals surface area (Å²) in [6, 6.07) is 0. The molecule has 0 bridgehead atoms. The smallest absolute Gasteiger partial charge is 0.307 e. The van der Waals surface area contributed by atoms with Crippen LogP contribution in [-0.4, -0.2) is 11.1 Å². The van der Waals surface area contributed by atoms with Gasteiger partial charge in [-0.1, -0.05) is 24.6 Å². The molecule has 0 aromatic rings. The van der Waals surface area contributed by atoms with Crippen molar-refractivity contribution >= 4 is 5.97 Å². The molecule has 0 heterocycles. The third-order valence-corrected chi connectivity index (χ3v) is 1.74. The fraction of sp³-hybridized carbons (Fsp3) is 0.545. The summed E-state index contributed by atoms with van der Waals surface area (Å²) in [5, 5.41) is 8.32. The Kier molecular flexibility index (Phi) is 8.31. The molecule has 0 aromatic heterocycles. The van der Waals surface area contributed by atoms with E-state index in [2.05, 4.69) is 6.58 Å². The predicted octanol–water partition coefficient (Wildman–Crippen LogP) is 3.15. The molecule has 0 atom stereocenters. The van der Waals surface area contributed by atoms with Gasteiger partial charge in [-0.05, 0) is 25.7 Å². The van der Waals surface area contributed by atoms with Crippen LogP contribution in [0.2, 0.25) is 0 Å². The van der Waals surface area contributed by atoms with Crippen LogP contribution >= 0.6 is 0 Å². The Morgan fingerprint density at radius 1 is 1.15 bits per heavy atom. The molecular weight excluding hydrogens is 164 g/mol. The quantitative estimate of drug-likeness (QED) is 0.462. The lowest BCUT2D eigenvalue weighted by atomic mass is 10.1. The molecule has 0 rings (SSSR count). The van der Waals surface area contributed by atoms with Gasteiger partial charge in [-0.2, -0.15) is 0 Å². The molecule has 13 heavy (non-hydrogen) atoms. The average molecular weight is 182 g/mol.